The van der Waals surface area contributed by atoms with Crippen molar-refractivity contribution in [3.63, 3.8) is 0 Å². The Bertz CT molecular complexity index is 595. The minimum atomic E-state index is -0.115. The average Bonchev–Trinajstić information content (AvgIpc) is 3.24. The SMILES string of the molecule is O=C(NCC1CCCC1CO)c1csc(-c2ccsc2)n1. The molecule has 2 aromatic heterocycles. The summed E-state index contributed by atoms with van der Waals surface area (Å²) in [7, 11) is 0. The van der Waals surface area contributed by atoms with Gasteiger partial charge in [0.1, 0.15) is 10.7 Å². The van der Waals surface area contributed by atoms with E-state index in [0.717, 1.165) is 29.8 Å². The molecule has 0 aromatic carbocycles. The van der Waals surface area contributed by atoms with Gasteiger partial charge in [-0.05, 0) is 36.1 Å². The van der Waals surface area contributed by atoms with E-state index >= 15 is 0 Å². The molecule has 1 fully saturated rings. The van der Waals surface area contributed by atoms with E-state index in [-0.39, 0.29) is 12.5 Å². The van der Waals surface area contributed by atoms with E-state index in [2.05, 4.69) is 10.3 Å². The Kier molecular flexibility index (Phi) is 4.67. The summed E-state index contributed by atoms with van der Waals surface area (Å²) in [6.45, 7) is 0.856. The molecule has 112 valence electrons. The lowest BCUT2D eigenvalue weighted by Gasteiger charge is -2.17. The first kappa shape index (κ1) is 14.7. The summed E-state index contributed by atoms with van der Waals surface area (Å²) in [5, 5.41) is 19.0. The number of nitrogens with one attached hydrogen (secondary N) is 1. The fraction of sp³-hybridized carbons (Fsp3) is 0.467. The highest BCUT2D eigenvalue weighted by atomic mass is 32.1. The normalized spacial score (nSPS) is 21.6. The number of carbonyl (C=O) groups is 1. The van der Waals surface area contributed by atoms with Crippen LogP contribution >= 0.6 is 22.7 Å². The van der Waals surface area contributed by atoms with E-state index in [4.69, 9.17) is 0 Å². The summed E-state index contributed by atoms with van der Waals surface area (Å²) in [6, 6.07) is 2.01. The summed E-state index contributed by atoms with van der Waals surface area (Å²) in [5.74, 6) is 0.618. The highest BCUT2D eigenvalue weighted by Gasteiger charge is 2.27. The highest BCUT2D eigenvalue weighted by molar-refractivity contribution is 7.14. The van der Waals surface area contributed by atoms with Gasteiger partial charge in [-0.15, -0.1) is 11.3 Å². The minimum absolute atomic E-state index is 0.115. The molecule has 0 spiro atoms. The first-order valence-electron chi connectivity index (χ1n) is 7.15. The summed E-state index contributed by atoms with van der Waals surface area (Å²) in [4.78, 5) is 16.6. The third-order valence-corrected chi connectivity index (χ3v) is 5.66. The second-order valence-electron chi connectivity index (χ2n) is 5.39. The molecule has 21 heavy (non-hydrogen) atoms. The zero-order valence-corrected chi connectivity index (χ0v) is 13.3. The Morgan fingerprint density at radius 2 is 2.24 bits per heavy atom. The van der Waals surface area contributed by atoms with Crippen molar-refractivity contribution in [2.24, 2.45) is 11.8 Å². The van der Waals surface area contributed by atoms with E-state index in [1.54, 1.807) is 16.7 Å². The van der Waals surface area contributed by atoms with Gasteiger partial charge in [-0.25, -0.2) is 4.98 Å². The van der Waals surface area contributed by atoms with Crippen molar-refractivity contribution >= 4 is 28.6 Å². The summed E-state index contributed by atoms with van der Waals surface area (Å²) < 4.78 is 0. The molecule has 2 aromatic rings. The van der Waals surface area contributed by atoms with Crippen molar-refractivity contribution in [3.05, 3.63) is 27.9 Å². The maximum atomic E-state index is 12.2. The van der Waals surface area contributed by atoms with Crippen LogP contribution in [0.5, 0.6) is 0 Å². The molecule has 1 aliphatic rings. The van der Waals surface area contributed by atoms with E-state index in [1.165, 1.54) is 11.3 Å². The molecule has 3 rings (SSSR count). The molecule has 1 amide bonds. The number of aliphatic hydroxyl groups is 1. The van der Waals surface area contributed by atoms with Crippen LogP contribution < -0.4 is 5.32 Å². The molecule has 2 N–H and O–H groups in total. The Balaban J connectivity index is 1.58. The fourth-order valence-corrected chi connectivity index (χ4v) is 4.35. The average molecular weight is 322 g/mol. The van der Waals surface area contributed by atoms with Crippen LogP contribution in [0.25, 0.3) is 10.6 Å². The standard InChI is InChI=1S/C15H18N2O2S2/c18-7-11-3-1-2-10(11)6-16-14(19)13-9-21-15(17-13)12-4-5-20-8-12/h4-5,8-11,18H,1-3,6-7H2,(H,16,19). The van der Waals surface area contributed by atoms with Gasteiger partial charge in [-0.1, -0.05) is 6.42 Å². The molecule has 6 heteroatoms. The van der Waals surface area contributed by atoms with Gasteiger partial charge in [0, 0.05) is 29.5 Å². The molecule has 2 heterocycles. The van der Waals surface area contributed by atoms with E-state index < -0.39 is 0 Å². The maximum absolute atomic E-state index is 12.2. The van der Waals surface area contributed by atoms with Crippen LogP contribution in [0.15, 0.2) is 22.2 Å². The predicted molar refractivity (Wildman–Crippen MR) is 85.7 cm³/mol. The summed E-state index contributed by atoms with van der Waals surface area (Å²) >= 11 is 3.12. The van der Waals surface area contributed by atoms with E-state index in [1.807, 2.05) is 16.8 Å². The molecular formula is C15H18N2O2S2. The van der Waals surface area contributed by atoms with Crippen LogP contribution in [0, 0.1) is 11.8 Å². The lowest BCUT2D eigenvalue weighted by Crippen LogP contribution is -2.31. The van der Waals surface area contributed by atoms with Gasteiger partial charge >= 0.3 is 0 Å². The van der Waals surface area contributed by atoms with Crippen molar-refractivity contribution in [2.75, 3.05) is 13.2 Å². The number of thiophene rings is 1. The van der Waals surface area contributed by atoms with Crippen LogP contribution in [-0.4, -0.2) is 29.1 Å². The number of amides is 1. The Labute approximate surface area is 131 Å². The molecule has 4 nitrogen and oxygen atoms in total. The minimum Gasteiger partial charge on any atom is -0.396 e. The number of aliphatic hydroxyl groups excluding tert-OH is 1. The maximum Gasteiger partial charge on any atom is 0.270 e. The number of rotatable bonds is 5. The van der Waals surface area contributed by atoms with Crippen molar-refractivity contribution in [2.45, 2.75) is 19.3 Å². The number of thiazole rings is 1. The van der Waals surface area contributed by atoms with Gasteiger partial charge in [0.05, 0.1) is 0 Å². The molecular weight excluding hydrogens is 304 g/mol. The third kappa shape index (κ3) is 3.33. The molecule has 0 radical (unpaired) electrons. The summed E-state index contributed by atoms with van der Waals surface area (Å²) in [5.41, 5.74) is 1.56. The molecule has 2 unspecified atom stereocenters. The Morgan fingerprint density at radius 3 is 3.00 bits per heavy atom. The zero-order chi connectivity index (χ0) is 14.7. The van der Waals surface area contributed by atoms with Gasteiger partial charge in [-0.2, -0.15) is 11.3 Å². The van der Waals surface area contributed by atoms with Crippen molar-refractivity contribution < 1.29 is 9.90 Å². The van der Waals surface area contributed by atoms with E-state index in [9.17, 15) is 9.90 Å². The van der Waals surface area contributed by atoms with Gasteiger partial charge in [0.2, 0.25) is 0 Å². The molecule has 0 bridgehead atoms. The Hall–Kier alpha value is -1.24. The number of hydrogen-bond acceptors (Lipinski definition) is 5. The first-order chi connectivity index (χ1) is 10.3. The van der Waals surface area contributed by atoms with Gasteiger partial charge in [-0.3, -0.25) is 4.79 Å². The van der Waals surface area contributed by atoms with Crippen molar-refractivity contribution in [3.8, 4) is 10.6 Å². The van der Waals surface area contributed by atoms with E-state index in [0.29, 0.717) is 24.1 Å². The number of carbonyl (C=O) groups excluding carboxylic acids is 1. The van der Waals surface area contributed by atoms with Gasteiger partial charge in [0.15, 0.2) is 0 Å². The van der Waals surface area contributed by atoms with Crippen LogP contribution in [0.2, 0.25) is 0 Å². The second-order valence-corrected chi connectivity index (χ2v) is 7.03. The quantitative estimate of drug-likeness (QED) is 0.889. The van der Waals surface area contributed by atoms with Crippen LogP contribution in [0.3, 0.4) is 0 Å². The molecule has 0 saturated heterocycles. The third-order valence-electron chi connectivity index (χ3n) is 4.08. The van der Waals surface area contributed by atoms with Crippen molar-refractivity contribution in [1.29, 1.82) is 0 Å². The largest absolute Gasteiger partial charge is 0.396 e. The smallest absolute Gasteiger partial charge is 0.270 e. The number of hydrogen-bond donors (Lipinski definition) is 2. The van der Waals surface area contributed by atoms with Gasteiger partial charge < -0.3 is 10.4 Å². The Morgan fingerprint density at radius 1 is 1.38 bits per heavy atom. The first-order valence-corrected chi connectivity index (χ1v) is 8.97. The fourth-order valence-electron chi connectivity index (χ4n) is 2.83. The summed E-state index contributed by atoms with van der Waals surface area (Å²) in [6.07, 6.45) is 3.30. The molecule has 1 saturated carbocycles. The van der Waals surface area contributed by atoms with Crippen LogP contribution in [0.1, 0.15) is 29.8 Å². The molecule has 0 aliphatic heterocycles. The number of nitrogens with zero attached hydrogens (tertiary/aromatic N) is 1. The van der Waals surface area contributed by atoms with Crippen molar-refractivity contribution in [1.82, 2.24) is 10.3 Å². The zero-order valence-electron chi connectivity index (χ0n) is 11.6. The van der Waals surface area contributed by atoms with Crippen LogP contribution in [0.4, 0.5) is 0 Å². The topological polar surface area (TPSA) is 62.2 Å². The lowest BCUT2D eigenvalue weighted by molar-refractivity contribution is 0.0933. The lowest BCUT2D eigenvalue weighted by atomic mass is 9.97. The molecule has 2 atom stereocenters. The predicted octanol–water partition coefficient (Wildman–Crippen LogP) is 3.01. The second kappa shape index (κ2) is 6.68. The van der Waals surface area contributed by atoms with Gasteiger partial charge in [0.25, 0.3) is 5.91 Å². The monoisotopic (exact) mass is 322 g/mol. The highest BCUT2D eigenvalue weighted by Crippen LogP contribution is 2.31. The van der Waals surface area contributed by atoms with Crippen LogP contribution in [-0.2, 0) is 0 Å². The number of aromatic nitrogens is 1. The molecule has 1 aliphatic carbocycles.